The van der Waals surface area contributed by atoms with E-state index in [0.717, 1.165) is 6.42 Å². The minimum atomic E-state index is -0.453. The van der Waals surface area contributed by atoms with E-state index in [1.807, 2.05) is 11.9 Å². The van der Waals surface area contributed by atoms with Crippen LogP contribution in [0.3, 0.4) is 0 Å². The fourth-order valence-electron chi connectivity index (χ4n) is 2.01. The average Bonchev–Trinajstić information content (AvgIpc) is 2.36. The van der Waals surface area contributed by atoms with Crippen LogP contribution in [0.4, 0.5) is 11.5 Å². The van der Waals surface area contributed by atoms with Crippen LogP contribution in [0.1, 0.15) is 37.7 Å². The number of aromatic nitrogens is 1. The second kappa shape index (κ2) is 6.41. The predicted octanol–water partition coefficient (Wildman–Crippen LogP) is 2.32. The molecule has 0 aliphatic rings. The number of nitrogens with zero attached hydrogens (tertiary/aromatic N) is 2. The molecule has 0 aliphatic heterocycles. The summed E-state index contributed by atoms with van der Waals surface area (Å²) >= 11 is 0. The summed E-state index contributed by atoms with van der Waals surface area (Å²) in [6.45, 7) is 6.46. The number of methoxy groups -OCH3 is 1. The molecular formula is C14H23N3O2. The van der Waals surface area contributed by atoms with Crippen LogP contribution in [-0.4, -0.2) is 31.2 Å². The first-order valence-electron chi connectivity index (χ1n) is 6.44. The lowest BCUT2D eigenvalue weighted by molar-refractivity contribution is 0.0594. The summed E-state index contributed by atoms with van der Waals surface area (Å²) in [6.07, 6.45) is 1.03. The van der Waals surface area contributed by atoms with Crippen molar-refractivity contribution < 1.29 is 9.53 Å². The Kier molecular flexibility index (Phi) is 5.15. The molecular weight excluding hydrogens is 242 g/mol. The first-order valence-corrected chi connectivity index (χ1v) is 6.44. The molecule has 5 heteroatoms. The van der Waals surface area contributed by atoms with Gasteiger partial charge in [0.15, 0.2) is 11.5 Å². The third-order valence-corrected chi connectivity index (χ3v) is 3.11. The van der Waals surface area contributed by atoms with E-state index in [4.69, 9.17) is 5.73 Å². The Morgan fingerprint density at radius 2 is 2.05 bits per heavy atom. The number of carbonyl (C=O) groups excluding carboxylic acids is 1. The van der Waals surface area contributed by atoms with Gasteiger partial charge < -0.3 is 15.4 Å². The first kappa shape index (κ1) is 15.3. The summed E-state index contributed by atoms with van der Waals surface area (Å²) in [5.74, 6) is 0.754. The van der Waals surface area contributed by atoms with E-state index in [1.165, 1.54) is 7.11 Å². The van der Waals surface area contributed by atoms with Crippen molar-refractivity contribution in [2.75, 3.05) is 24.8 Å². The monoisotopic (exact) mass is 265 g/mol. The highest BCUT2D eigenvalue weighted by atomic mass is 16.5. The van der Waals surface area contributed by atoms with E-state index in [1.54, 1.807) is 12.1 Å². The molecule has 0 spiro atoms. The predicted molar refractivity (Wildman–Crippen MR) is 77.3 cm³/mol. The summed E-state index contributed by atoms with van der Waals surface area (Å²) in [7, 11) is 3.28. The van der Waals surface area contributed by atoms with Gasteiger partial charge in [-0.1, -0.05) is 13.8 Å². The van der Waals surface area contributed by atoms with E-state index >= 15 is 0 Å². The smallest absolute Gasteiger partial charge is 0.356 e. The van der Waals surface area contributed by atoms with Crippen LogP contribution in [0.15, 0.2) is 12.1 Å². The maximum absolute atomic E-state index is 11.5. The van der Waals surface area contributed by atoms with Gasteiger partial charge in [-0.05, 0) is 31.4 Å². The number of anilines is 2. The normalized spacial score (nSPS) is 12.3. The van der Waals surface area contributed by atoms with Crippen LogP contribution < -0.4 is 10.6 Å². The topological polar surface area (TPSA) is 68.5 Å². The molecule has 1 unspecified atom stereocenters. The number of nitrogens with two attached hydrogens (primary N) is 1. The molecule has 1 rings (SSSR count). The molecule has 5 nitrogen and oxygen atoms in total. The molecule has 0 saturated heterocycles. The van der Waals surface area contributed by atoms with E-state index in [0.29, 0.717) is 23.5 Å². The summed E-state index contributed by atoms with van der Waals surface area (Å²) in [5, 5.41) is 0. The number of esters is 1. The Morgan fingerprint density at radius 1 is 1.42 bits per heavy atom. The van der Waals surface area contributed by atoms with Gasteiger partial charge in [-0.3, -0.25) is 0 Å². The van der Waals surface area contributed by atoms with Gasteiger partial charge in [0.05, 0.1) is 12.8 Å². The molecule has 0 radical (unpaired) electrons. The Bertz CT molecular complexity index is 446. The standard InChI is InChI=1S/C14H23N3O2/c1-9(2)8-10(3)17(4)13-11(15)6-7-12(16-13)14(18)19-5/h6-7,9-10H,8,15H2,1-5H3. The quantitative estimate of drug-likeness (QED) is 0.827. The van der Waals surface area contributed by atoms with E-state index in [-0.39, 0.29) is 5.69 Å². The lowest BCUT2D eigenvalue weighted by atomic mass is 10.0. The molecule has 0 aliphatic carbocycles. The van der Waals surface area contributed by atoms with Gasteiger partial charge in [0.1, 0.15) is 0 Å². The van der Waals surface area contributed by atoms with E-state index < -0.39 is 5.97 Å². The van der Waals surface area contributed by atoms with E-state index in [9.17, 15) is 4.79 Å². The third kappa shape index (κ3) is 3.84. The summed E-state index contributed by atoms with van der Waals surface area (Å²) in [5.41, 5.74) is 6.78. The van der Waals surface area contributed by atoms with Crippen molar-refractivity contribution in [1.82, 2.24) is 4.98 Å². The van der Waals surface area contributed by atoms with Crippen LogP contribution in [0.25, 0.3) is 0 Å². The van der Waals surface area contributed by atoms with Gasteiger partial charge in [-0.15, -0.1) is 0 Å². The second-order valence-corrected chi connectivity index (χ2v) is 5.19. The Balaban J connectivity index is 3.01. The lowest BCUT2D eigenvalue weighted by Crippen LogP contribution is -2.31. The molecule has 1 aromatic heterocycles. The number of rotatable bonds is 5. The van der Waals surface area contributed by atoms with Crippen LogP contribution in [0.2, 0.25) is 0 Å². The zero-order chi connectivity index (χ0) is 14.6. The molecule has 2 N–H and O–H groups in total. The Labute approximate surface area is 114 Å². The molecule has 0 fully saturated rings. The second-order valence-electron chi connectivity index (χ2n) is 5.19. The highest BCUT2D eigenvalue weighted by molar-refractivity contribution is 5.88. The number of carbonyl (C=O) groups is 1. The van der Waals surface area contributed by atoms with Crippen molar-refractivity contribution in [3.8, 4) is 0 Å². The molecule has 1 atom stereocenters. The number of hydrogen-bond acceptors (Lipinski definition) is 5. The molecule has 0 bridgehead atoms. The van der Waals surface area contributed by atoms with Crippen molar-refractivity contribution >= 4 is 17.5 Å². The molecule has 0 amide bonds. The fraction of sp³-hybridized carbons (Fsp3) is 0.571. The van der Waals surface area contributed by atoms with Crippen molar-refractivity contribution in [1.29, 1.82) is 0 Å². The van der Waals surface area contributed by atoms with Crippen molar-refractivity contribution in [2.24, 2.45) is 5.92 Å². The maximum atomic E-state index is 11.5. The van der Waals surface area contributed by atoms with Gasteiger partial charge in [-0.25, -0.2) is 9.78 Å². The summed E-state index contributed by atoms with van der Waals surface area (Å²) in [6, 6.07) is 3.56. The summed E-state index contributed by atoms with van der Waals surface area (Å²) in [4.78, 5) is 17.8. The average molecular weight is 265 g/mol. The SMILES string of the molecule is COC(=O)c1ccc(N)c(N(C)C(C)CC(C)C)n1. The van der Waals surface area contributed by atoms with Crippen molar-refractivity contribution in [3.05, 3.63) is 17.8 Å². The lowest BCUT2D eigenvalue weighted by Gasteiger charge is -2.28. The van der Waals surface area contributed by atoms with Gasteiger partial charge in [-0.2, -0.15) is 0 Å². The molecule has 0 aromatic carbocycles. The summed E-state index contributed by atoms with van der Waals surface area (Å²) < 4.78 is 4.68. The molecule has 0 saturated carbocycles. The highest BCUT2D eigenvalue weighted by Gasteiger charge is 2.17. The van der Waals surface area contributed by atoms with Crippen LogP contribution >= 0.6 is 0 Å². The van der Waals surface area contributed by atoms with Crippen LogP contribution in [-0.2, 0) is 4.74 Å². The largest absolute Gasteiger partial charge is 0.464 e. The number of hydrogen-bond donors (Lipinski definition) is 1. The zero-order valence-corrected chi connectivity index (χ0v) is 12.3. The zero-order valence-electron chi connectivity index (χ0n) is 12.3. The molecule has 1 aromatic rings. The van der Waals surface area contributed by atoms with E-state index in [2.05, 4.69) is 30.5 Å². The molecule has 106 valence electrons. The Hall–Kier alpha value is -1.78. The fourth-order valence-corrected chi connectivity index (χ4v) is 2.01. The maximum Gasteiger partial charge on any atom is 0.356 e. The number of ether oxygens (including phenoxy) is 1. The number of pyridine rings is 1. The van der Waals surface area contributed by atoms with Gasteiger partial charge in [0.2, 0.25) is 0 Å². The van der Waals surface area contributed by atoms with Gasteiger partial charge in [0, 0.05) is 13.1 Å². The Morgan fingerprint density at radius 3 is 2.58 bits per heavy atom. The first-order chi connectivity index (χ1) is 8.86. The van der Waals surface area contributed by atoms with Gasteiger partial charge in [0.25, 0.3) is 0 Å². The van der Waals surface area contributed by atoms with Crippen molar-refractivity contribution in [3.63, 3.8) is 0 Å². The molecule has 19 heavy (non-hydrogen) atoms. The third-order valence-electron chi connectivity index (χ3n) is 3.11. The highest BCUT2D eigenvalue weighted by Crippen LogP contribution is 2.23. The van der Waals surface area contributed by atoms with Gasteiger partial charge >= 0.3 is 5.97 Å². The minimum Gasteiger partial charge on any atom is -0.464 e. The van der Waals surface area contributed by atoms with Crippen LogP contribution in [0.5, 0.6) is 0 Å². The minimum absolute atomic E-state index is 0.273. The number of nitrogen functional groups attached to an aromatic ring is 1. The van der Waals surface area contributed by atoms with Crippen LogP contribution in [0, 0.1) is 5.92 Å². The van der Waals surface area contributed by atoms with Crippen molar-refractivity contribution in [2.45, 2.75) is 33.2 Å². The molecule has 1 heterocycles.